The van der Waals surface area contributed by atoms with E-state index in [1.807, 2.05) is 55.1 Å². The molecule has 4 aliphatic rings. The number of hydrogen-bond donors (Lipinski definition) is 1. The SMILES string of the molecule is CC1(C)CC(S(=O)(=O)NC(=O)c2ccc(N3CCC4(OCc5c(C6CC6)cnn5-c5c(Cl)cccc5Cl)CC[C@H]3C4)cc2)CCO1. The average Bonchev–Trinajstić information content (AvgIpc) is 3.69. The molecule has 3 heterocycles. The number of halogens is 2. The molecule has 12 heteroatoms. The van der Waals surface area contributed by atoms with Gasteiger partial charge >= 0.3 is 0 Å². The van der Waals surface area contributed by atoms with Crippen molar-refractivity contribution in [3.63, 3.8) is 0 Å². The standard InChI is InChI=1S/C34H40Cl2N4O5S/c1-33(2)19-26(13-17-44-33)46(42,43)38-32(41)23-8-10-24(11-9-23)39-16-15-34(14-12-25(39)18-34)45-21-30-27(22-6-7-22)20-37-40(30)31-28(35)4-3-5-29(31)36/h3-5,8-11,20,22,25-26H,6-7,12-19,21H2,1-2H3,(H,38,41)/t25-,26?,34?/m0/s1. The first-order valence-electron chi connectivity index (χ1n) is 16.2. The zero-order valence-corrected chi connectivity index (χ0v) is 28.5. The van der Waals surface area contributed by atoms with E-state index in [1.54, 1.807) is 12.1 Å². The van der Waals surface area contributed by atoms with Crippen molar-refractivity contribution in [3.05, 3.63) is 75.5 Å². The Morgan fingerprint density at radius 1 is 1.04 bits per heavy atom. The van der Waals surface area contributed by atoms with Crippen LogP contribution in [0, 0.1) is 0 Å². The number of fused-ring (bicyclic) bond motifs is 2. The van der Waals surface area contributed by atoms with Crippen LogP contribution in [-0.2, 0) is 26.1 Å². The van der Waals surface area contributed by atoms with E-state index >= 15 is 0 Å². The maximum atomic E-state index is 13.0. The molecule has 2 aliphatic heterocycles. The predicted molar refractivity (Wildman–Crippen MR) is 179 cm³/mol. The molecule has 246 valence electrons. The van der Waals surface area contributed by atoms with E-state index in [0.29, 0.717) is 59.3 Å². The van der Waals surface area contributed by atoms with Gasteiger partial charge < -0.3 is 14.4 Å². The summed E-state index contributed by atoms with van der Waals surface area (Å²) in [5.41, 5.74) is 3.52. The number of carbonyl (C=O) groups is 1. The third-order valence-electron chi connectivity index (χ3n) is 10.2. The lowest BCUT2D eigenvalue weighted by molar-refractivity contribution is -0.0641. The molecule has 1 N–H and O–H groups in total. The Hall–Kier alpha value is -2.63. The molecule has 2 aliphatic carbocycles. The Kier molecular flexibility index (Phi) is 8.41. The molecule has 9 nitrogen and oxygen atoms in total. The summed E-state index contributed by atoms with van der Waals surface area (Å²) in [5.74, 6) is -0.103. The van der Waals surface area contributed by atoms with Gasteiger partial charge in [0, 0.05) is 30.4 Å². The van der Waals surface area contributed by atoms with Gasteiger partial charge in [-0.05, 0) is 113 Å². The van der Waals surface area contributed by atoms with Gasteiger partial charge in [0.05, 0.1) is 45.0 Å². The van der Waals surface area contributed by atoms with Crippen molar-refractivity contribution in [1.82, 2.24) is 14.5 Å². The second kappa shape index (κ2) is 12.1. The number of sulfonamides is 1. The van der Waals surface area contributed by atoms with E-state index in [4.69, 9.17) is 37.8 Å². The summed E-state index contributed by atoms with van der Waals surface area (Å²) in [6.45, 7) is 5.37. The molecular formula is C34H40Cl2N4O5S. The minimum Gasteiger partial charge on any atom is -0.375 e. The molecule has 2 aromatic carbocycles. The summed E-state index contributed by atoms with van der Waals surface area (Å²) in [4.78, 5) is 15.3. The van der Waals surface area contributed by atoms with Crippen LogP contribution in [0.15, 0.2) is 48.7 Å². The molecule has 4 fully saturated rings. The van der Waals surface area contributed by atoms with Crippen LogP contribution in [0.1, 0.15) is 92.7 Å². The number of para-hydroxylation sites is 1. The van der Waals surface area contributed by atoms with Crippen LogP contribution in [0.5, 0.6) is 0 Å². The van der Waals surface area contributed by atoms with Crippen LogP contribution in [0.25, 0.3) is 5.69 Å². The Morgan fingerprint density at radius 2 is 1.78 bits per heavy atom. The zero-order chi connectivity index (χ0) is 32.3. The molecular weight excluding hydrogens is 647 g/mol. The fraction of sp³-hybridized carbons (Fsp3) is 0.529. The van der Waals surface area contributed by atoms with E-state index in [1.165, 1.54) is 5.56 Å². The van der Waals surface area contributed by atoms with Crippen molar-refractivity contribution in [2.75, 3.05) is 18.1 Å². The number of ether oxygens (including phenoxy) is 2. The lowest BCUT2D eigenvalue weighted by Crippen LogP contribution is -2.46. The number of nitrogens with zero attached hydrogens (tertiary/aromatic N) is 3. The molecule has 1 amide bonds. The van der Waals surface area contributed by atoms with E-state index in [9.17, 15) is 13.2 Å². The largest absolute Gasteiger partial charge is 0.375 e. The summed E-state index contributed by atoms with van der Waals surface area (Å²) in [6, 6.07) is 13.1. The van der Waals surface area contributed by atoms with Gasteiger partial charge in [0.2, 0.25) is 10.0 Å². The highest BCUT2D eigenvalue weighted by molar-refractivity contribution is 7.90. The molecule has 2 saturated heterocycles. The van der Waals surface area contributed by atoms with Crippen LogP contribution in [0.2, 0.25) is 10.0 Å². The van der Waals surface area contributed by atoms with E-state index < -0.39 is 26.8 Å². The molecule has 0 spiro atoms. The van der Waals surface area contributed by atoms with Gasteiger partial charge in [0.15, 0.2) is 0 Å². The zero-order valence-electron chi connectivity index (χ0n) is 26.2. The van der Waals surface area contributed by atoms with Crippen LogP contribution in [-0.4, -0.2) is 59.8 Å². The molecule has 7 rings (SSSR count). The Morgan fingerprint density at radius 3 is 2.48 bits per heavy atom. The number of hydrogen-bond acceptors (Lipinski definition) is 7. The minimum atomic E-state index is -3.82. The normalized spacial score (nSPS) is 25.9. The lowest BCUT2D eigenvalue weighted by Gasteiger charge is -2.41. The van der Waals surface area contributed by atoms with Gasteiger partial charge in [-0.1, -0.05) is 29.3 Å². The van der Waals surface area contributed by atoms with Gasteiger partial charge in [0.25, 0.3) is 5.91 Å². The second-order valence-electron chi connectivity index (χ2n) is 13.9. The quantitative estimate of drug-likeness (QED) is 0.264. The number of carbonyl (C=O) groups excluding carboxylic acids is 1. The van der Waals surface area contributed by atoms with Crippen molar-refractivity contribution < 1.29 is 22.7 Å². The molecule has 3 atom stereocenters. The number of anilines is 1. The Balaban J connectivity index is 1.00. The van der Waals surface area contributed by atoms with Gasteiger partial charge in [-0.3, -0.25) is 4.79 Å². The first-order chi connectivity index (χ1) is 21.9. The highest BCUT2D eigenvalue weighted by Gasteiger charge is 2.47. The van der Waals surface area contributed by atoms with Crippen molar-refractivity contribution in [2.45, 2.75) is 100 Å². The fourth-order valence-electron chi connectivity index (χ4n) is 7.49. The van der Waals surface area contributed by atoms with E-state index in [2.05, 4.69) is 9.62 Å². The lowest BCUT2D eigenvalue weighted by atomic mass is 9.93. The van der Waals surface area contributed by atoms with Gasteiger partial charge in [0.1, 0.15) is 5.69 Å². The molecule has 0 radical (unpaired) electrons. The van der Waals surface area contributed by atoms with Gasteiger partial charge in [-0.25, -0.2) is 17.8 Å². The Bertz CT molecular complexity index is 1720. The summed E-state index contributed by atoms with van der Waals surface area (Å²) >= 11 is 13.2. The third-order valence-corrected chi connectivity index (χ3v) is 12.5. The first-order valence-corrected chi connectivity index (χ1v) is 18.5. The molecule has 1 aromatic heterocycles. The minimum absolute atomic E-state index is 0.214. The first kappa shape index (κ1) is 31.9. The maximum Gasteiger partial charge on any atom is 0.264 e. The topological polar surface area (TPSA) is 103 Å². The van der Waals surface area contributed by atoms with Crippen LogP contribution in [0.3, 0.4) is 0 Å². The van der Waals surface area contributed by atoms with Crippen LogP contribution >= 0.6 is 23.2 Å². The monoisotopic (exact) mass is 686 g/mol. The molecule has 46 heavy (non-hydrogen) atoms. The number of aromatic nitrogens is 2. The predicted octanol–water partition coefficient (Wildman–Crippen LogP) is 6.79. The number of nitrogens with one attached hydrogen (secondary N) is 1. The number of amides is 1. The summed E-state index contributed by atoms with van der Waals surface area (Å²) in [7, 11) is -3.82. The highest BCUT2D eigenvalue weighted by Crippen LogP contribution is 2.47. The van der Waals surface area contributed by atoms with Crippen molar-refractivity contribution in [2.24, 2.45) is 0 Å². The molecule has 3 aromatic rings. The van der Waals surface area contributed by atoms with Crippen LogP contribution in [0.4, 0.5) is 5.69 Å². The second-order valence-corrected chi connectivity index (χ2v) is 16.6. The molecule has 2 saturated carbocycles. The van der Waals surface area contributed by atoms with E-state index in [0.717, 1.165) is 56.5 Å². The molecule has 2 bridgehead atoms. The van der Waals surface area contributed by atoms with Crippen molar-refractivity contribution in [1.29, 1.82) is 0 Å². The van der Waals surface area contributed by atoms with Gasteiger partial charge in [-0.15, -0.1) is 0 Å². The summed E-state index contributed by atoms with van der Waals surface area (Å²) in [5, 5.41) is 5.16. The van der Waals surface area contributed by atoms with Crippen molar-refractivity contribution >= 4 is 44.8 Å². The average molecular weight is 688 g/mol. The number of rotatable bonds is 9. The smallest absolute Gasteiger partial charge is 0.264 e. The fourth-order valence-corrected chi connectivity index (χ4v) is 9.62. The number of piperidine rings is 1. The maximum absolute atomic E-state index is 13.0. The Labute approximate surface area is 280 Å². The summed E-state index contributed by atoms with van der Waals surface area (Å²) in [6.07, 6.45) is 8.73. The van der Waals surface area contributed by atoms with Gasteiger partial charge in [-0.2, -0.15) is 5.10 Å². The number of benzene rings is 2. The molecule has 2 unspecified atom stereocenters. The summed E-state index contributed by atoms with van der Waals surface area (Å²) < 4.78 is 42.6. The van der Waals surface area contributed by atoms with Crippen molar-refractivity contribution in [3.8, 4) is 5.69 Å². The van der Waals surface area contributed by atoms with E-state index in [-0.39, 0.29) is 5.60 Å². The third kappa shape index (κ3) is 6.31. The van der Waals surface area contributed by atoms with Crippen LogP contribution < -0.4 is 9.62 Å². The highest BCUT2D eigenvalue weighted by atomic mass is 35.5.